The Balaban J connectivity index is 1.62. The van der Waals surface area contributed by atoms with Gasteiger partial charge in [-0.3, -0.25) is 9.88 Å². The molecule has 1 aromatic rings. The second kappa shape index (κ2) is 4.17. The fourth-order valence-electron chi connectivity index (χ4n) is 3.28. The van der Waals surface area contributed by atoms with Gasteiger partial charge in [-0.2, -0.15) is 0 Å². The molecule has 0 amide bonds. The molecule has 0 N–H and O–H groups in total. The normalized spacial score (nSPS) is 29.6. The zero-order chi connectivity index (χ0) is 11.0. The van der Waals surface area contributed by atoms with Gasteiger partial charge < -0.3 is 0 Å². The van der Waals surface area contributed by atoms with Crippen LogP contribution >= 0.6 is 0 Å². The summed E-state index contributed by atoms with van der Waals surface area (Å²) >= 11 is 0. The molecule has 1 aliphatic heterocycles. The van der Waals surface area contributed by atoms with Gasteiger partial charge in [-0.15, -0.1) is 0 Å². The van der Waals surface area contributed by atoms with Crippen molar-refractivity contribution in [2.24, 2.45) is 11.8 Å². The van der Waals surface area contributed by atoms with Crippen molar-refractivity contribution in [3.8, 4) is 0 Å². The third-order valence-electron chi connectivity index (χ3n) is 4.16. The van der Waals surface area contributed by atoms with E-state index in [1.54, 1.807) is 0 Å². The molecule has 2 heteroatoms. The van der Waals surface area contributed by atoms with Crippen molar-refractivity contribution in [1.82, 2.24) is 9.88 Å². The first kappa shape index (κ1) is 10.3. The van der Waals surface area contributed by atoms with E-state index >= 15 is 0 Å². The van der Waals surface area contributed by atoms with E-state index in [-0.39, 0.29) is 0 Å². The Hall–Kier alpha value is -0.890. The lowest BCUT2D eigenvalue weighted by Gasteiger charge is -2.15. The van der Waals surface area contributed by atoms with E-state index in [4.69, 9.17) is 0 Å². The quantitative estimate of drug-likeness (QED) is 0.755. The van der Waals surface area contributed by atoms with Crippen LogP contribution in [0.25, 0.3) is 0 Å². The van der Waals surface area contributed by atoms with Crippen molar-refractivity contribution in [2.75, 3.05) is 13.1 Å². The third-order valence-corrected chi connectivity index (χ3v) is 4.16. The molecule has 3 rings (SSSR count). The predicted octanol–water partition coefficient (Wildman–Crippen LogP) is 2.62. The average molecular weight is 216 g/mol. The van der Waals surface area contributed by atoms with Gasteiger partial charge in [0.1, 0.15) is 0 Å². The summed E-state index contributed by atoms with van der Waals surface area (Å²) in [5, 5.41) is 0. The van der Waals surface area contributed by atoms with E-state index < -0.39 is 0 Å². The first-order valence-electron chi connectivity index (χ1n) is 6.45. The van der Waals surface area contributed by atoms with Gasteiger partial charge in [-0.25, -0.2) is 0 Å². The zero-order valence-corrected chi connectivity index (χ0v) is 10.0. The molecule has 1 saturated carbocycles. The van der Waals surface area contributed by atoms with Crippen LogP contribution in [0.15, 0.2) is 18.3 Å². The first-order chi connectivity index (χ1) is 7.81. The molecule has 2 heterocycles. The van der Waals surface area contributed by atoms with Crippen molar-refractivity contribution >= 4 is 0 Å². The van der Waals surface area contributed by atoms with Crippen LogP contribution in [-0.2, 0) is 6.54 Å². The highest BCUT2D eigenvalue weighted by Crippen LogP contribution is 2.37. The Morgan fingerprint density at radius 3 is 2.62 bits per heavy atom. The van der Waals surface area contributed by atoms with Crippen molar-refractivity contribution in [2.45, 2.75) is 32.7 Å². The number of aryl methyl sites for hydroxylation is 1. The van der Waals surface area contributed by atoms with E-state index in [1.807, 2.05) is 6.20 Å². The zero-order valence-electron chi connectivity index (χ0n) is 10.0. The van der Waals surface area contributed by atoms with E-state index in [2.05, 4.69) is 28.9 Å². The molecular formula is C14H20N2. The summed E-state index contributed by atoms with van der Waals surface area (Å²) < 4.78 is 0. The molecule has 0 radical (unpaired) electrons. The minimum Gasteiger partial charge on any atom is -0.297 e. The van der Waals surface area contributed by atoms with Crippen molar-refractivity contribution in [3.63, 3.8) is 0 Å². The Bertz CT molecular complexity index is 346. The molecule has 0 bridgehead atoms. The summed E-state index contributed by atoms with van der Waals surface area (Å²) in [6.45, 7) is 5.75. The van der Waals surface area contributed by atoms with Crippen LogP contribution in [0.4, 0.5) is 0 Å². The van der Waals surface area contributed by atoms with Gasteiger partial charge in [0, 0.05) is 25.8 Å². The number of aromatic nitrogens is 1. The topological polar surface area (TPSA) is 16.1 Å². The molecular weight excluding hydrogens is 196 g/mol. The lowest BCUT2D eigenvalue weighted by atomic mass is 10.0. The molecule has 0 spiro atoms. The predicted molar refractivity (Wildman–Crippen MR) is 65.1 cm³/mol. The van der Waals surface area contributed by atoms with Crippen LogP contribution in [0.5, 0.6) is 0 Å². The SMILES string of the molecule is Cc1ccc(CN2CC3CCCC3C2)nc1. The van der Waals surface area contributed by atoms with Crippen LogP contribution in [0.2, 0.25) is 0 Å². The summed E-state index contributed by atoms with van der Waals surface area (Å²) in [6, 6.07) is 4.34. The van der Waals surface area contributed by atoms with E-state index in [9.17, 15) is 0 Å². The Kier molecular flexibility index (Phi) is 2.68. The van der Waals surface area contributed by atoms with Crippen LogP contribution < -0.4 is 0 Å². The Morgan fingerprint density at radius 1 is 1.25 bits per heavy atom. The number of rotatable bonds is 2. The maximum Gasteiger partial charge on any atom is 0.0544 e. The van der Waals surface area contributed by atoms with Gasteiger partial charge >= 0.3 is 0 Å². The van der Waals surface area contributed by atoms with Gasteiger partial charge in [-0.1, -0.05) is 12.5 Å². The summed E-state index contributed by atoms with van der Waals surface area (Å²) in [4.78, 5) is 7.08. The minimum atomic E-state index is 0.991. The average Bonchev–Trinajstić information content (AvgIpc) is 2.81. The van der Waals surface area contributed by atoms with Crippen LogP contribution in [-0.4, -0.2) is 23.0 Å². The highest BCUT2D eigenvalue weighted by molar-refractivity contribution is 5.12. The summed E-state index contributed by atoms with van der Waals surface area (Å²) in [7, 11) is 0. The largest absolute Gasteiger partial charge is 0.297 e. The first-order valence-corrected chi connectivity index (χ1v) is 6.45. The molecule has 0 aromatic carbocycles. The molecule has 1 saturated heterocycles. The maximum atomic E-state index is 4.49. The van der Waals surface area contributed by atoms with E-state index in [0.717, 1.165) is 18.4 Å². The fourth-order valence-corrected chi connectivity index (χ4v) is 3.28. The monoisotopic (exact) mass is 216 g/mol. The summed E-state index contributed by atoms with van der Waals surface area (Å²) in [5.74, 6) is 1.98. The number of fused-ring (bicyclic) bond motifs is 1. The van der Waals surface area contributed by atoms with Crippen molar-refractivity contribution in [1.29, 1.82) is 0 Å². The number of likely N-dealkylation sites (tertiary alicyclic amines) is 1. The van der Waals surface area contributed by atoms with Gasteiger partial charge in [0.25, 0.3) is 0 Å². The standard InChI is InChI=1S/C14H20N2/c1-11-5-6-14(15-7-11)10-16-8-12-3-2-4-13(12)9-16/h5-7,12-13H,2-4,8-10H2,1H3. The Labute approximate surface area is 97.7 Å². The van der Waals surface area contributed by atoms with E-state index in [0.29, 0.717) is 0 Å². The number of pyridine rings is 1. The molecule has 2 fully saturated rings. The fraction of sp³-hybridized carbons (Fsp3) is 0.643. The van der Waals surface area contributed by atoms with Gasteiger partial charge in [0.15, 0.2) is 0 Å². The maximum absolute atomic E-state index is 4.49. The second-order valence-electron chi connectivity index (χ2n) is 5.47. The van der Waals surface area contributed by atoms with Crippen LogP contribution in [0.1, 0.15) is 30.5 Å². The molecule has 16 heavy (non-hydrogen) atoms. The molecule has 1 aromatic heterocycles. The molecule has 86 valence electrons. The molecule has 2 aliphatic rings. The van der Waals surface area contributed by atoms with Crippen LogP contribution in [0, 0.1) is 18.8 Å². The highest BCUT2D eigenvalue weighted by atomic mass is 15.2. The Morgan fingerprint density at radius 2 is 2.00 bits per heavy atom. The minimum absolute atomic E-state index is 0.991. The van der Waals surface area contributed by atoms with Gasteiger partial charge in [0.05, 0.1) is 5.69 Å². The van der Waals surface area contributed by atoms with Gasteiger partial charge in [-0.05, 0) is 43.2 Å². The van der Waals surface area contributed by atoms with Crippen LogP contribution in [0.3, 0.4) is 0 Å². The highest BCUT2D eigenvalue weighted by Gasteiger charge is 2.35. The summed E-state index contributed by atoms with van der Waals surface area (Å²) in [6.07, 6.45) is 6.36. The molecule has 2 nitrogen and oxygen atoms in total. The second-order valence-corrected chi connectivity index (χ2v) is 5.47. The third kappa shape index (κ3) is 1.99. The lowest BCUT2D eigenvalue weighted by molar-refractivity contribution is 0.300. The van der Waals surface area contributed by atoms with Gasteiger partial charge in [0.2, 0.25) is 0 Å². The number of hydrogen-bond donors (Lipinski definition) is 0. The number of nitrogens with zero attached hydrogens (tertiary/aromatic N) is 2. The van der Waals surface area contributed by atoms with Crippen molar-refractivity contribution in [3.05, 3.63) is 29.6 Å². The van der Waals surface area contributed by atoms with Crippen molar-refractivity contribution < 1.29 is 0 Å². The van der Waals surface area contributed by atoms with E-state index in [1.165, 1.54) is 43.6 Å². The number of hydrogen-bond acceptors (Lipinski definition) is 2. The molecule has 2 atom stereocenters. The molecule has 2 unspecified atom stereocenters. The molecule has 1 aliphatic carbocycles. The summed E-state index contributed by atoms with van der Waals surface area (Å²) in [5.41, 5.74) is 2.48. The lowest BCUT2D eigenvalue weighted by Crippen LogP contribution is -2.21. The smallest absolute Gasteiger partial charge is 0.0544 e.